The third-order valence-electron chi connectivity index (χ3n) is 4.38. The molecule has 0 saturated heterocycles. The van der Waals surface area contributed by atoms with Crippen molar-refractivity contribution in [1.82, 2.24) is 15.5 Å². The minimum atomic E-state index is 0.532. The Labute approximate surface area is 141 Å². The molecule has 1 heterocycles. The SMILES string of the molecule is COc1ccc(CN[C@H]2CC[C@@H](Cc3nnc(C)o3)C2)cc1Cl. The molecule has 124 valence electrons. The van der Waals surface area contributed by atoms with Crippen LogP contribution < -0.4 is 10.1 Å². The topological polar surface area (TPSA) is 60.2 Å². The van der Waals surface area contributed by atoms with Crippen LogP contribution in [-0.4, -0.2) is 23.3 Å². The number of nitrogens with zero attached hydrogens (tertiary/aromatic N) is 2. The largest absolute Gasteiger partial charge is 0.495 e. The highest BCUT2D eigenvalue weighted by atomic mass is 35.5. The van der Waals surface area contributed by atoms with Gasteiger partial charge in [0.05, 0.1) is 12.1 Å². The predicted molar refractivity (Wildman–Crippen MR) is 88.7 cm³/mol. The standard InChI is InChI=1S/C17H22ClN3O2/c1-11-20-21-17(23-11)9-12-3-5-14(7-12)19-10-13-4-6-16(22-2)15(18)8-13/h4,6,8,12,14,19H,3,5,7,9-10H2,1-2H3/t12-,14+/m1/s1. The molecule has 0 spiro atoms. The van der Waals surface area contributed by atoms with Crippen molar-refractivity contribution >= 4 is 11.6 Å². The Bertz CT molecular complexity index is 659. The lowest BCUT2D eigenvalue weighted by Gasteiger charge is -2.13. The van der Waals surface area contributed by atoms with Crippen LogP contribution in [0.3, 0.4) is 0 Å². The Morgan fingerprint density at radius 1 is 1.35 bits per heavy atom. The third kappa shape index (κ3) is 4.24. The fourth-order valence-corrected chi connectivity index (χ4v) is 3.48. The van der Waals surface area contributed by atoms with E-state index in [0.29, 0.717) is 28.6 Å². The van der Waals surface area contributed by atoms with E-state index in [2.05, 4.69) is 15.5 Å². The highest BCUT2D eigenvalue weighted by Crippen LogP contribution is 2.29. The molecular formula is C17H22ClN3O2. The van der Waals surface area contributed by atoms with Crippen LogP contribution in [0.15, 0.2) is 22.6 Å². The number of aryl methyl sites for hydroxylation is 1. The Morgan fingerprint density at radius 3 is 2.91 bits per heavy atom. The summed E-state index contributed by atoms with van der Waals surface area (Å²) in [6, 6.07) is 6.45. The first-order valence-electron chi connectivity index (χ1n) is 7.99. The minimum Gasteiger partial charge on any atom is -0.495 e. The first kappa shape index (κ1) is 16.3. The van der Waals surface area contributed by atoms with Gasteiger partial charge in [-0.2, -0.15) is 0 Å². The van der Waals surface area contributed by atoms with Gasteiger partial charge in [0, 0.05) is 25.9 Å². The number of methoxy groups -OCH3 is 1. The van der Waals surface area contributed by atoms with E-state index in [0.717, 1.165) is 25.3 Å². The number of hydrogen-bond donors (Lipinski definition) is 1. The molecule has 6 heteroatoms. The molecule has 1 N–H and O–H groups in total. The fourth-order valence-electron chi connectivity index (χ4n) is 3.19. The molecule has 1 aliphatic rings. The van der Waals surface area contributed by atoms with Crippen LogP contribution in [0.5, 0.6) is 5.75 Å². The molecule has 0 unspecified atom stereocenters. The molecule has 5 nitrogen and oxygen atoms in total. The number of ether oxygens (including phenoxy) is 1. The number of rotatable bonds is 6. The molecule has 1 aliphatic carbocycles. The van der Waals surface area contributed by atoms with Crippen LogP contribution in [0.4, 0.5) is 0 Å². The Kier molecular flexibility index (Phi) is 5.18. The molecule has 2 aromatic rings. The molecule has 0 aliphatic heterocycles. The number of benzene rings is 1. The number of nitrogens with one attached hydrogen (secondary N) is 1. The zero-order chi connectivity index (χ0) is 16.2. The van der Waals surface area contributed by atoms with Crippen LogP contribution in [0.1, 0.15) is 36.6 Å². The molecule has 0 radical (unpaired) electrons. The molecule has 0 bridgehead atoms. The lowest BCUT2D eigenvalue weighted by Crippen LogP contribution is -2.26. The second-order valence-corrected chi connectivity index (χ2v) is 6.55. The van der Waals surface area contributed by atoms with Gasteiger partial charge >= 0.3 is 0 Å². The van der Waals surface area contributed by atoms with Gasteiger partial charge in [-0.25, -0.2) is 0 Å². The van der Waals surface area contributed by atoms with Crippen molar-refractivity contribution in [1.29, 1.82) is 0 Å². The summed E-state index contributed by atoms with van der Waals surface area (Å²) in [4.78, 5) is 0. The van der Waals surface area contributed by atoms with Gasteiger partial charge in [0.1, 0.15) is 5.75 Å². The van der Waals surface area contributed by atoms with Crippen LogP contribution in [0.25, 0.3) is 0 Å². The summed E-state index contributed by atoms with van der Waals surface area (Å²) in [5.74, 6) is 2.73. The van der Waals surface area contributed by atoms with Crippen molar-refractivity contribution < 1.29 is 9.15 Å². The Balaban J connectivity index is 1.47. The van der Waals surface area contributed by atoms with Crippen LogP contribution in [0.2, 0.25) is 5.02 Å². The second kappa shape index (κ2) is 7.32. The number of aromatic nitrogens is 2. The molecule has 1 fully saturated rings. The maximum absolute atomic E-state index is 6.16. The zero-order valence-electron chi connectivity index (χ0n) is 13.5. The lowest BCUT2D eigenvalue weighted by molar-refractivity contribution is 0.408. The van der Waals surface area contributed by atoms with Gasteiger partial charge in [-0.3, -0.25) is 0 Å². The number of hydrogen-bond acceptors (Lipinski definition) is 5. The summed E-state index contributed by atoms with van der Waals surface area (Å²) in [5, 5.41) is 12.3. The summed E-state index contributed by atoms with van der Waals surface area (Å²) in [6.07, 6.45) is 4.41. The van der Waals surface area contributed by atoms with Crippen molar-refractivity contribution in [3.8, 4) is 5.75 Å². The minimum absolute atomic E-state index is 0.532. The molecule has 2 atom stereocenters. The highest BCUT2D eigenvalue weighted by Gasteiger charge is 2.26. The van der Waals surface area contributed by atoms with Crippen LogP contribution in [-0.2, 0) is 13.0 Å². The van der Waals surface area contributed by atoms with Crippen LogP contribution >= 0.6 is 11.6 Å². The summed E-state index contributed by atoms with van der Waals surface area (Å²) >= 11 is 6.16. The van der Waals surface area contributed by atoms with Crippen molar-refractivity contribution in [2.24, 2.45) is 5.92 Å². The molecular weight excluding hydrogens is 314 g/mol. The van der Waals surface area contributed by atoms with E-state index in [-0.39, 0.29) is 0 Å². The van der Waals surface area contributed by atoms with E-state index in [4.69, 9.17) is 20.8 Å². The van der Waals surface area contributed by atoms with E-state index >= 15 is 0 Å². The molecule has 1 aromatic heterocycles. The van der Waals surface area contributed by atoms with Crippen molar-refractivity contribution in [2.45, 2.75) is 45.2 Å². The molecule has 1 saturated carbocycles. The van der Waals surface area contributed by atoms with E-state index in [1.165, 1.54) is 18.4 Å². The zero-order valence-corrected chi connectivity index (χ0v) is 14.3. The summed E-state index contributed by atoms with van der Waals surface area (Å²) < 4.78 is 10.7. The van der Waals surface area contributed by atoms with Gasteiger partial charge in [0.25, 0.3) is 0 Å². The lowest BCUT2D eigenvalue weighted by atomic mass is 10.0. The first-order chi connectivity index (χ1) is 11.1. The van der Waals surface area contributed by atoms with Crippen molar-refractivity contribution in [3.63, 3.8) is 0 Å². The van der Waals surface area contributed by atoms with E-state index in [1.54, 1.807) is 7.11 Å². The van der Waals surface area contributed by atoms with Gasteiger partial charge in [-0.05, 0) is 42.9 Å². The highest BCUT2D eigenvalue weighted by molar-refractivity contribution is 6.32. The van der Waals surface area contributed by atoms with E-state index in [9.17, 15) is 0 Å². The molecule has 23 heavy (non-hydrogen) atoms. The summed E-state index contributed by atoms with van der Waals surface area (Å²) in [5.41, 5.74) is 1.17. The third-order valence-corrected chi connectivity index (χ3v) is 4.68. The molecule has 3 rings (SSSR count). The van der Waals surface area contributed by atoms with Gasteiger partial charge < -0.3 is 14.5 Å². The van der Waals surface area contributed by atoms with Gasteiger partial charge in [-0.15, -0.1) is 10.2 Å². The average molecular weight is 336 g/mol. The van der Waals surface area contributed by atoms with E-state index in [1.807, 2.05) is 25.1 Å². The second-order valence-electron chi connectivity index (χ2n) is 6.14. The van der Waals surface area contributed by atoms with Crippen LogP contribution in [0, 0.1) is 12.8 Å². The quantitative estimate of drug-likeness (QED) is 0.875. The summed E-state index contributed by atoms with van der Waals surface area (Å²) in [7, 11) is 1.63. The Hall–Kier alpha value is -1.59. The normalized spacial score (nSPS) is 20.8. The van der Waals surface area contributed by atoms with Gasteiger partial charge in [-0.1, -0.05) is 17.7 Å². The van der Waals surface area contributed by atoms with Gasteiger partial charge in [0.2, 0.25) is 11.8 Å². The van der Waals surface area contributed by atoms with Gasteiger partial charge in [0.15, 0.2) is 0 Å². The smallest absolute Gasteiger partial charge is 0.216 e. The predicted octanol–water partition coefficient (Wildman–Crippen LogP) is 3.54. The maximum atomic E-state index is 6.16. The van der Waals surface area contributed by atoms with E-state index < -0.39 is 0 Å². The first-order valence-corrected chi connectivity index (χ1v) is 8.36. The monoisotopic (exact) mass is 335 g/mol. The number of halogens is 1. The van der Waals surface area contributed by atoms with Crippen molar-refractivity contribution in [3.05, 3.63) is 40.6 Å². The van der Waals surface area contributed by atoms with Crippen molar-refractivity contribution in [2.75, 3.05) is 7.11 Å². The molecule has 1 aromatic carbocycles. The fraction of sp³-hybridized carbons (Fsp3) is 0.529. The summed E-state index contributed by atoms with van der Waals surface area (Å²) in [6.45, 7) is 2.65. The maximum Gasteiger partial charge on any atom is 0.216 e. The Morgan fingerprint density at radius 2 is 2.22 bits per heavy atom. The average Bonchev–Trinajstić information content (AvgIpc) is 3.15. The molecule has 0 amide bonds.